The highest BCUT2D eigenvalue weighted by Crippen LogP contribution is 2.24. The van der Waals surface area contributed by atoms with Gasteiger partial charge in [-0.15, -0.1) is 0 Å². The third kappa shape index (κ3) is 1.65. The molecule has 3 heteroatoms. The van der Waals surface area contributed by atoms with E-state index in [4.69, 9.17) is 5.73 Å². The van der Waals surface area contributed by atoms with Gasteiger partial charge < -0.3 is 10.8 Å². The van der Waals surface area contributed by atoms with Crippen molar-refractivity contribution >= 4 is 21.7 Å². The summed E-state index contributed by atoms with van der Waals surface area (Å²) in [4.78, 5) is 4.43. The highest BCUT2D eigenvalue weighted by atomic mass is 16.3. The van der Waals surface area contributed by atoms with E-state index in [1.165, 1.54) is 0 Å². The van der Waals surface area contributed by atoms with Crippen molar-refractivity contribution in [3.8, 4) is 0 Å². The van der Waals surface area contributed by atoms with Crippen LogP contribution in [-0.4, -0.2) is 10.1 Å². The van der Waals surface area contributed by atoms with E-state index >= 15 is 0 Å². The molecule has 0 aliphatic rings. The number of rotatable bonds is 1. The van der Waals surface area contributed by atoms with E-state index in [0.29, 0.717) is 5.69 Å². The highest BCUT2D eigenvalue weighted by molar-refractivity contribution is 6.05. The van der Waals surface area contributed by atoms with E-state index in [9.17, 15) is 5.11 Å². The van der Waals surface area contributed by atoms with Gasteiger partial charge in [-0.3, -0.25) is 0 Å². The quantitative estimate of drug-likeness (QED) is 0.492. The molecule has 17 heavy (non-hydrogen) atoms. The minimum Gasteiger partial charge on any atom is -0.373 e. The predicted octanol–water partition coefficient (Wildman–Crippen LogP) is 2.34. The van der Waals surface area contributed by atoms with Crippen molar-refractivity contribution in [1.29, 1.82) is 0 Å². The first kappa shape index (κ1) is 10.2. The van der Waals surface area contributed by atoms with Gasteiger partial charge >= 0.3 is 0 Å². The molecule has 84 valence electrons. The summed E-state index contributed by atoms with van der Waals surface area (Å²) in [6, 6.07) is 15.8. The Morgan fingerprint density at radius 2 is 1.65 bits per heavy atom. The van der Waals surface area contributed by atoms with Crippen molar-refractivity contribution in [1.82, 2.24) is 4.98 Å². The smallest absolute Gasteiger partial charge is 0.145 e. The maximum absolute atomic E-state index is 9.37. The van der Waals surface area contributed by atoms with Gasteiger partial charge in [0, 0.05) is 10.8 Å². The summed E-state index contributed by atoms with van der Waals surface area (Å²) in [7, 11) is 0. The lowest BCUT2D eigenvalue weighted by Gasteiger charge is -2.07. The van der Waals surface area contributed by atoms with E-state index in [0.717, 1.165) is 21.7 Å². The Kier molecular flexibility index (Phi) is 2.28. The van der Waals surface area contributed by atoms with E-state index in [-0.39, 0.29) is 0 Å². The Hall–Kier alpha value is -1.97. The van der Waals surface area contributed by atoms with Crippen molar-refractivity contribution in [2.24, 2.45) is 5.73 Å². The van der Waals surface area contributed by atoms with Crippen LogP contribution in [-0.2, 0) is 0 Å². The average Bonchev–Trinajstić information content (AvgIpc) is 2.38. The van der Waals surface area contributed by atoms with E-state index in [1.807, 2.05) is 36.4 Å². The van der Waals surface area contributed by atoms with Gasteiger partial charge in [0.25, 0.3) is 0 Å². The molecule has 3 aromatic rings. The summed E-state index contributed by atoms with van der Waals surface area (Å²) in [6.45, 7) is 0. The molecule has 1 atom stereocenters. The monoisotopic (exact) mass is 224 g/mol. The minimum atomic E-state index is -1.03. The normalized spacial score (nSPS) is 13.1. The third-order valence-electron chi connectivity index (χ3n) is 2.91. The van der Waals surface area contributed by atoms with Gasteiger partial charge in [0.1, 0.15) is 6.23 Å². The molecule has 3 N–H and O–H groups in total. The lowest BCUT2D eigenvalue weighted by molar-refractivity contribution is 0.182. The summed E-state index contributed by atoms with van der Waals surface area (Å²) in [5.41, 5.74) is 6.82. The van der Waals surface area contributed by atoms with Gasteiger partial charge in [-0.2, -0.15) is 0 Å². The lowest BCUT2D eigenvalue weighted by atomic mass is 10.1. The molecule has 0 aliphatic heterocycles. The SMILES string of the molecule is NC(O)c1ccc2ccc3ccccc3c2n1. The molecule has 0 saturated heterocycles. The number of nitrogens with two attached hydrogens (primary N) is 1. The molecule has 1 heterocycles. The second kappa shape index (κ2) is 3.80. The number of fused-ring (bicyclic) bond motifs is 3. The summed E-state index contributed by atoms with van der Waals surface area (Å²) < 4.78 is 0. The van der Waals surface area contributed by atoms with Crippen molar-refractivity contribution < 1.29 is 5.11 Å². The predicted molar refractivity (Wildman–Crippen MR) is 68.4 cm³/mol. The molecule has 0 fully saturated rings. The molecule has 0 radical (unpaired) electrons. The summed E-state index contributed by atoms with van der Waals surface area (Å²) in [6.07, 6.45) is -1.03. The van der Waals surface area contributed by atoms with Crippen LogP contribution in [0.25, 0.3) is 21.7 Å². The van der Waals surface area contributed by atoms with Crippen molar-refractivity contribution in [3.63, 3.8) is 0 Å². The van der Waals surface area contributed by atoms with E-state index in [2.05, 4.69) is 11.1 Å². The second-order valence-corrected chi connectivity index (χ2v) is 4.04. The van der Waals surface area contributed by atoms with E-state index < -0.39 is 6.23 Å². The fourth-order valence-corrected chi connectivity index (χ4v) is 2.04. The van der Waals surface area contributed by atoms with Gasteiger partial charge in [0.2, 0.25) is 0 Å². The molecule has 0 amide bonds. The molecule has 0 spiro atoms. The number of hydrogen-bond acceptors (Lipinski definition) is 3. The third-order valence-corrected chi connectivity index (χ3v) is 2.91. The molecule has 3 nitrogen and oxygen atoms in total. The zero-order chi connectivity index (χ0) is 11.8. The Labute approximate surface area is 98.5 Å². The van der Waals surface area contributed by atoms with Crippen molar-refractivity contribution in [3.05, 3.63) is 54.2 Å². The molecule has 1 aromatic heterocycles. The first-order valence-electron chi connectivity index (χ1n) is 5.48. The van der Waals surface area contributed by atoms with Crippen LogP contribution < -0.4 is 5.73 Å². The second-order valence-electron chi connectivity index (χ2n) is 4.04. The number of aromatic nitrogens is 1. The zero-order valence-corrected chi connectivity index (χ0v) is 9.17. The summed E-state index contributed by atoms with van der Waals surface area (Å²) in [5, 5.41) is 12.6. The number of pyridine rings is 1. The van der Waals surface area contributed by atoms with Gasteiger partial charge in [0.15, 0.2) is 0 Å². The minimum absolute atomic E-state index is 0.494. The number of benzene rings is 2. The van der Waals surface area contributed by atoms with Crippen LogP contribution in [0.2, 0.25) is 0 Å². The fourth-order valence-electron chi connectivity index (χ4n) is 2.04. The maximum atomic E-state index is 9.37. The number of aliphatic hydroxyl groups excluding tert-OH is 1. The molecule has 0 aliphatic carbocycles. The summed E-state index contributed by atoms with van der Waals surface area (Å²) in [5.74, 6) is 0. The molecule has 2 aromatic carbocycles. The van der Waals surface area contributed by atoms with Crippen LogP contribution in [0.4, 0.5) is 0 Å². The van der Waals surface area contributed by atoms with Gasteiger partial charge in [0.05, 0.1) is 11.2 Å². The van der Waals surface area contributed by atoms with Gasteiger partial charge in [-0.05, 0) is 11.5 Å². The average molecular weight is 224 g/mol. The standard InChI is InChI=1S/C14H12N2O/c15-14(17)12-8-7-10-6-5-9-3-1-2-4-11(9)13(10)16-12/h1-8,14,17H,15H2. The fraction of sp³-hybridized carbons (Fsp3) is 0.0714. The molecule has 3 rings (SSSR count). The van der Waals surface area contributed by atoms with E-state index in [1.54, 1.807) is 6.07 Å². The first-order valence-corrected chi connectivity index (χ1v) is 5.48. The van der Waals surface area contributed by atoms with Crippen molar-refractivity contribution in [2.75, 3.05) is 0 Å². The largest absolute Gasteiger partial charge is 0.373 e. The molecule has 0 bridgehead atoms. The maximum Gasteiger partial charge on any atom is 0.145 e. The van der Waals surface area contributed by atoms with Crippen LogP contribution in [0.15, 0.2) is 48.5 Å². The lowest BCUT2D eigenvalue weighted by Crippen LogP contribution is -2.10. The van der Waals surface area contributed by atoms with Crippen LogP contribution in [0.1, 0.15) is 11.9 Å². The Morgan fingerprint density at radius 3 is 2.47 bits per heavy atom. The highest BCUT2D eigenvalue weighted by Gasteiger charge is 2.06. The van der Waals surface area contributed by atoms with Crippen LogP contribution in [0.3, 0.4) is 0 Å². The molecule has 1 unspecified atom stereocenters. The first-order chi connectivity index (χ1) is 8.25. The zero-order valence-electron chi connectivity index (χ0n) is 9.17. The molecular weight excluding hydrogens is 212 g/mol. The number of nitrogens with zero attached hydrogens (tertiary/aromatic N) is 1. The van der Waals surface area contributed by atoms with Gasteiger partial charge in [-0.25, -0.2) is 4.98 Å². The van der Waals surface area contributed by atoms with Crippen LogP contribution in [0.5, 0.6) is 0 Å². The van der Waals surface area contributed by atoms with Gasteiger partial charge in [-0.1, -0.05) is 42.5 Å². The number of hydrogen-bond donors (Lipinski definition) is 2. The number of aliphatic hydroxyl groups is 1. The summed E-state index contributed by atoms with van der Waals surface area (Å²) >= 11 is 0. The Morgan fingerprint density at radius 1 is 0.941 bits per heavy atom. The van der Waals surface area contributed by atoms with Crippen LogP contribution in [0, 0.1) is 0 Å². The topological polar surface area (TPSA) is 59.1 Å². The Bertz CT molecular complexity index is 692. The van der Waals surface area contributed by atoms with Crippen LogP contribution >= 0.6 is 0 Å². The van der Waals surface area contributed by atoms with Crippen molar-refractivity contribution in [2.45, 2.75) is 6.23 Å². The molecule has 0 saturated carbocycles. The Balaban J connectivity index is 2.42. The molecular formula is C14H12N2O.